The maximum Gasteiger partial charge on any atom is 0.223 e. The normalized spacial score (nSPS) is 21.8. The molecule has 0 bridgehead atoms. The van der Waals surface area contributed by atoms with Gasteiger partial charge in [0.15, 0.2) is 0 Å². The van der Waals surface area contributed by atoms with Crippen molar-refractivity contribution in [2.75, 3.05) is 13.2 Å². The zero-order valence-corrected chi connectivity index (χ0v) is 12.1. The van der Waals surface area contributed by atoms with Crippen LogP contribution in [0.25, 0.3) is 0 Å². The molecule has 0 aromatic heterocycles. The van der Waals surface area contributed by atoms with Crippen molar-refractivity contribution in [1.29, 1.82) is 0 Å². The van der Waals surface area contributed by atoms with Crippen molar-refractivity contribution in [3.63, 3.8) is 0 Å². The van der Waals surface area contributed by atoms with E-state index in [1.165, 1.54) is 24.3 Å². The van der Waals surface area contributed by atoms with Gasteiger partial charge in [-0.25, -0.2) is 4.39 Å². The number of rotatable bonds is 6. The molecule has 0 radical (unpaired) electrons. The van der Waals surface area contributed by atoms with Crippen molar-refractivity contribution in [3.05, 3.63) is 30.1 Å². The Bertz CT molecular complexity index is 449. The molecule has 1 aliphatic rings. The van der Waals surface area contributed by atoms with Crippen LogP contribution in [0, 0.1) is 11.7 Å². The Labute approximate surface area is 124 Å². The van der Waals surface area contributed by atoms with E-state index in [1.54, 1.807) is 0 Å². The first-order chi connectivity index (χ1) is 10.2. The Kier molecular flexibility index (Phi) is 5.99. The minimum Gasteiger partial charge on any atom is -0.493 e. The fourth-order valence-electron chi connectivity index (χ4n) is 2.69. The van der Waals surface area contributed by atoms with E-state index in [2.05, 4.69) is 5.32 Å². The molecule has 4 nitrogen and oxygen atoms in total. The van der Waals surface area contributed by atoms with Crippen LogP contribution in [0.2, 0.25) is 0 Å². The number of nitrogens with one attached hydrogen (secondary N) is 1. The molecule has 2 rings (SSSR count). The molecule has 0 aliphatic heterocycles. The summed E-state index contributed by atoms with van der Waals surface area (Å²) < 4.78 is 18.1. The van der Waals surface area contributed by atoms with E-state index in [0.717, 1.165) is 25.7 Å². The molecule has 0 heterocycles. The van der Waals surface area contributed by atoms with Crippen molar-refractivity contribution in [2.24, 2.45) is 5.92 Å². The predicted molar refractivity (Wildman–Crippen MR) is 77.5 cm³/mol. The van der Waals surface area contributed by atoms with Crippen molar-refractivity contribution in [3.8, 4) is 5.75 Å². The van der Waals surface area contributed by atoms with Gasteiger partial charge < -0.3 is 15.2 Å². The molecule has 1 saturated carbocycles. The number of hydrogen-bond donors (Lipinski definition) is 2. The summed E-state index contributed by atoms with van der Waals surface area (Å²) in [5.74, 6) is 0.339. The lowest BCUT2D eigenvalue weighted by Gasteiger charge is -2.30. The molecule has 1 aromatic rings. The smallest absolute Gasteiger partial charge is 0.223 e. The molecular formula is C16H22FNO3. The molecule has 21 heavy (non-hydrogen) atoms. The third-order valence-corrected chi connectivity index (χ3v) is 3.90. The van der Waals surface area contributed by atoms with Gasteiger partial charge in [0.1, 0.15) is 11.6 Å². The van der Waals surface area contributed by atoms with E-state index in [0.29, 0.717) is 5.75 Å². The second-order valence-corrected chi connectivity index (χ2v) is 5.45. The third-order valence-electron chi connectivity index (χ3n) is 3.90. The molecule has 2 unspecified atom stereocenters. The minimum absolute atomic E-state index is 0.0672. The van der Waals surface area contributed by atoms with Crippen LogP contribution in [-0.4, -0.2) is 30.3 Å². The number of carbonyl (C=O) groups excluding carboxylic acids is 1. The lowest BCUT2D eigenvalue weighted by molar-refractivity contribution is -0.123. The van der Waals surface area contributed by atoms with Crippen LogP contribution >= 0.6 is 0 Å². The standard InChI is InChI=1S/C16H22FNO3/c17-13-5-7-14(8-6-13)21-10-9-16(20)18-15-4-2-1-3-12(15)11-19/h5-8,12,15,19H,1-4,9-11H2,(H,18,20). The molecule has 0 saturated heterocycles. The molecule has 2 atom stereocenters. The van der Waals surface area contributed by atoms with Gasteiger partial charge in [0.2, 0.25) is 5.91 Å². The van der Waals surface area contributed by atoms with Gasteiger partial charge in [0.05, 0.1) is 13.0 Å². The van der Waals surface area contributed by atoms with Gasteiger partial charge in [-0.3, -0.25) is 4.79 Å². The highest BCUT2D eigenvalue weighted by atomic mass is 19.1. The van der Waals surface area contributed by atoms with Gasteiger partial charge in [-0.05, 0) is 37.1 Å². The van der Waals surface area contributed by atoms with Crippen molar-refractivity contribution >= 4 is 5.91 Å². The van der Waals surface area contributed by atoms with E-state index < -0.39 is 0 Å². The number of aliphatic hydroxyl groups excluding tert-OH is 1. The van der Waals surface area contributed by atoms with Crippen molar-refractivity contribution in [1.82, 2.24) is 5.32 Å². The zero-order valence-electron chi connectivity index (χ0n) is 12.1. The maximum absolute atomic E-state index is 12.7. The van der Waals surface area contributed by atoms with Crippen molar-refractivity contribution in [2.45, 2.75) is 38.1 Å². The van der Waals surface area contributed by atoms with Crippen LogP contribution in [0.3, 0.4) is 0 Å². The van der Waals surface area contributed by atoms with Crippen LogP contribution in [0.15, 0.2) is 24.3 Å². The Hall–Kier alpha value is -1.62. The maximum atomic E-state index is 12.7. The topological polar surface area (TPSA) is 58.6 Å². The summed E-state index contributed by atoms with van der Waals surface area (Å²) in [4.78, 5) is 11.9. The highest BCUT2D eigenvalue weighted by Crippen LogP contribution is 2.24. The number of benzene rings is 1. The average Bonchev–Trinajstić information content (AvgIpc) is 2.50. The van der Waals surface area contributed by atoms with E-state index in [9.17, 15) is 14.3 Å². The van der Waals surface area contributed by atoms with Crippen molar-refractivity contribution < 1.29 is 19.0 Å². The summed E-state index contributed by atoms with van der Waals surface area (Å²) in [5.41, 5.74) is 0. The second-order valence-electron chi connectivity index (χ2n) is 5.45. The first kappa shape index (κ1) is 15.8. The monoisotopic (exact) mass is 295 g/mol. The molecule has 5 heteroatoms. The largest absolute Gasteiger partial charge is 0.493 e. The minimum atomic E-state index is -0.313. The van der Waals surface area contributed by atoms with Crippen LogP contribution in [0.5, 0.6) is 5.75 Å². The van der Waals surface area contributed by atoms with Gasteiger partial charge in [-0.2, -0.15) is 0 Å². The van der Waals surface area contributed by atoms with E-state index >= 15 is 0 Å². The number of ether oxygens (including phenoxy) is 1. The molecule has 1 aliphatic carbocycles. The first-order valence-corrected chi connectivity index (χ1v) is 7.47. The Morgan fingerprint density at radius 1 is 1.29 bits per heavy atom. The highest BCUT2D eigenvalue weighted by Gasteiger charge is 2.25. The summed E-state index contributed by atoms with van der Waals surface area (Å²) in [7, 11) is 0. The van der Waals surface area contributed by atoms with E-state index in [-0.39, 0.29) is 43.3 Å². The molecule has 1 amide bonds. The molecule has 0 spiro atoms. The lowest BCUT2D eigenvalue weighted by Crippen LogP contribution is -2.43. The van der Waals surface area contributed by atoms with Gasteiger partial charge >= 0.3 is 0 Å². The quantitative estimate of drug-likeness (QED) is 0.846. The summed E-state index contributed by atoms with van der Waals surface area (Å²) in [6.07, 6.45) is 4.36. The average molecular weight is 295 g/mol. The summed E-state index contributed by atoms with van der Waals surface area (Å²) in [5, 5.41) is 12.3. The number of halogens is 1. The number of carbonyl (C=O) groups is 1. The van der Waals surface area contributed by atoms with Gasteiger partial charge in [-0.1, -0.05) is 12.8 Å². The van der Waals surface area contributed by atoms with Crippen LogP contribution in [0.1, 0.15) is 32.1 Å². The van der Waals surface area contributed by atoms with Gasteiger partial charge in [0, 0.05) is 18.6 Å². The van der Waals surface area contributed by atoms with E-state index in [4.69, 9.17) is 4.74 Å². The number of aliphatic hydroxyl groups is 1. The fourth-order valence-corrected chi connectivity index (χ4v) is 2.69. The Morgan fingerprint density at radius 3 is 2.71 bits per heavy atom. The lowest BCUT2D eigenvalue weighted by atomic mass is 9.85. The predicted octanol–water partition coefficient (Wildman–Crippen LogP) is 2.26. The van der Waals surface area contributed by atoms with Gasteiger partial charge in [0.25, 0.3) is 0 Å². The van der Waals surface area contributed by atoms with Crippen LogP contribution in [0.4, 0.5) is 4.39 Å². The Morgan fingerprint density at radius 2 is 2.00 bits per heavy atom. The third kappa shape index (κ3) is 5.01. The second kappa shape index (κ2) is 7.98. The molecule has 2 N–H and O–H groups in total. The van der Waals surface area contributed by atoms with Crippen LogP contribution in [-0.2, 0) is 4.79 Å². The molecule has 1 fully saturated rings. The molecular weight excluding hydrogens is 273 g/mol. The highest BCUT2D eigenvalue weighted by molar-refractivity contribution is 5.76. The number of hydrogen-bond acceptors (Lipinski definition) is 3. The summed E-state index contributed by atoms with van der Waals surface area (Å²) >= 11 is 0. The summed E-state index contributed by atoms with van der Waals surface area (Å²) in [6, 6.07) is 5.79. The van der Waals surface area contributed by atoms with E-state index in [1.807, 2.05) is 0 Å². The first-order valence-electron chi connectivity index (χ1n) is 7.47. The molecule has 1 aromatic carbocycles. The Balaban J connectivity index is 1.70. The number of amides is 1. The fraction of sp³-hybridized carbons (Fsp3) is 0.562. The summed E-state index contributed by atoms with van der Waals surface area (Å²) in [6.45, 7) is 0.380. The molecule has 116 valence electrons. The van der Waals surface area contributed by atoms with Gasteiger partial charge in [-0.15, -0.1) is 0 Å². The zero-order chi connectivity index (χ0) is 15.1. The SMILES string of the molecule is O=C(CCOc1ccc(F)cc1)NC1CCCCC1CO. The van der Waals surface area contributed by atoms with Crippen LogP contribution < -0.4 is 10.1 Å².